The summed E-state index contributed by atoms with van der Waals surface area (Å²) in [5, 5.41) is 14.9. The van der Waals surface area contributed by atoms with E-state index in [0.29, 0.717) is 38.8 Å². The molecule has 1 aromatic carbocycles. The van der Waals surface area contributed by atoms with Gasteiger partial charge in [0.25, 0.3) is 11.8 Å². The normalized spacial score (nSPS) is 19.9. The minimum absolute atomic E-state index is 0.0960. The molecule has 0 unspecified atom stereocenters. The second kappa shape index (κ2) is 15.4. The lowest BCUT2D eigenvalue weighted by Crippen LogP contribution is -2.54. The van der Waals surface area contributed by atoms with Crippen LogP contribution in [0.25, 0.3) is 0 Å². The maximum atomic E-state index is 14.7. The molecule has 17 heteroatoms. The first-order valence-electron chi connectivity index (χ1n) is 15.2. The second-order valence-electron chi connectivity index (χ2n) is 12.1. The number of imide groups is 1. The summed E-state index contributed by atoms with van der Waals surface area (Å²) in [7, 11) is 0. The second-order valence-corrected chi connectivity index (χ2v) is 12.1. The molecule has 12 nitrogen and oxygen atoms in total. The minimum Gasteiger partial charge on any atom is -0.422 e. The summed E-state index contributed by atoms with van der Waals surface area (Å²) in [5.74, 6) is -14.1. The molecule has 2 heterocycles. The van der Waals surface area contributed by atoms with E-state index in [2.05, 4.69) is 15.4 Å². The van der Waals surface area contributed by atoms with E-state index in [9.17, 15) is 51.0 Å². The third kappa shape index (κ3) is 8.86. The van der Waals surface area contributed by atoms with Crippen molar-refractivity contribution in [3.63, 3.8) is 0 Å². The van der Waals surface area contributed by atoms with Crippen LogP contribution in [0, 0.1) is 11.8 Å². The zero-order valence-corrected chi connectivity index (χ0v) is 27.0. The third-order valence-corrected chi connectivity index (χ3v) is 7.73. The summed E-state index contributed by atoms with van der Waals surface area (Å²) in [5.41, 5.74) is -0.431. The number of halogens is 5. The van der Waals surface area contributed by atoms with Gasteiger partial charge in [0.15, 0.2) is 0 Å². The van der Waals surface area contributed by atoms with Gasteiger partial charge in [0, 0.05) is 44.1 Å². The van der Waals surface area contributed by atoms with Gasteiger partial charge in [-0.05, 0) is 36.1 Å². The van der Waals surface area contributed by atoms with Crippen molar-refractivity contribution >= 4 is 29.6 Å². The summed E-state index contributed by atoms with van der Waals surface area (Å²) in [6, 6.07) is 2.73. The van der Waals surface area contributed by atoms with Gasteiger partial charge in [-0.3, -0.25) is 29.3 Å². The molecule has 4 amide bonds. The van der Waals surface area contributed by atoms with Crippen molar-refractivity contribution in [2.24, 2.45) is 11.8 Å². The number of β-amino-alcohol motifs (C(OH)–C–C–N with tert-alkyl or cyclic N) is 1. The van der Waals surface area contributed by atoms with Gasteiger partial charge < -0.3 is 29.7 Å². The number of rotatable bonds is 10. The first kappa shape index (κ1) is 38.3. The van der Waals surface area contributed by atoms with Crippen molar-refractivity contribution in [3.05, 3.63) is 46.8 Å². The number of ether oxygens (including phenoxy) is 2. The molecule has 3 N–H and O–H groups in total. The van der Waals surface area contributed by atoms with Crippen molar-refractivity contribution < 1.29 is 60.5 Å². The number of amides is 4. The highest BCUT2D eigenvalue weighted by atomic mass is 19.4. The topological polar surface area (TPSA) is 155 Å². The number of allylic oxidation sites excluding steroid dienone is 2. The number of carbonyl (C=O) groups is 5. The van der Waals surface area contributed by atoms with Crippen LogP contribution in [0.2, 0.25) is 0 Å². The SMILES string of the molecule is CC(=O)O/C(=C(\C(C)C)N1C[C@H](O)C[C@H]1C(=O)NC(=O)[C@@H](NC(=O)c1ccc(C(=O)N2CCOCC2)cc1)C(C)C)C(F)(F)C(F)(F)F. The number of nitrogens with zero attached hydrogens (tertiary/aromatic N) is 2. The van der Waals surface area contributed by atoms with Crippen LogP contribution in [0.4, 0.5) is 22.0 Å². The Morgan fingerprint density at radius 2 is 1.52 bits per heavy atom. The predicted octanol–water partition coefficient (Wildman–Crippen LogP) is 2.62. The Hall–Kier alpha value is -4.12. The Morgan fingerprint density at radius 3 is 2.02 bits per heavy atom. The molecular weight excluding hydrogens is 651 g/mol. The van der Waals surface area contributed by atoms with Crippen LogP contribution in [-0.2, 0) is 23.9 Å². The van der Waals surface area contributed by atoms with Crippen LogP contribution in [0.3, 0.4) is 0 Å². The fraction of sp³-hybridized carbons (Fsp3) is 0.581. The Labute approximate surface area is 273 Å². The van der Waals surface area contributed by atoms with E-state index in [-0.39, 0.29) is 11.5 Å². The number of nitrogens with one attached hydrogen (secondary N) is 2. The molecule has 3 atom stereocenters. The van der Waals surface area contributed by atoms with Gasteiger partial charge in [0.1, 0.15) is 12.1 Å². The van der Waals surface area contributed by atoms with E-state index < -0.39 is 90.2 Å². The fourth-order valence-corrected chi connectivity index (χ4v) is 5.36. The molecule has 48 heavy (non-hydrogen) atoms. The molecule has 1 aromatic rings. The summed E-state index contributed by atoms with van der Waals surface area (Å²) < 4.78 is 79.4. The molecule has 2 aliphatic heterocycles. The molecule has 0 bridgehead atoms. The van der Waals surface area contributed by atoms with Gasteiger partial charge in [0.05, 0.1) is 25.0 Å². The molecule has 2 aliphatic rings. The van der Waals surface area contributed by atoms with Crippen LogP contribution in [-0.4, -0.2) is 108 Å². The quantitative estimate of drug-likeness (QED) is 0.191. The van der Waals surface area contributed by atoms with Crippen molar-refractivity contribution in [1.82, 2.24) is 20.4 Å². The number of hydrogen-bond donors (Lipinski definition) is 3. The minimum atomic E-state index is -6.18. The zero-order valence-electron chi connectivity index (χ0n) is 27.0. The van der Waals surface area contributed by atoms with E-state index in [0.717, 1.165) is 4.90 Å². The number of benzene rings is 1. The molecule has 0 saturated carbocycles. The van der Waals surface area contributed by atoms with Gasteiger partial charge in [-0.1, -0.05) is 27.7 Å². The number of likely N-dealkylation sites (tertiary alicyclic amines) is 1. The summed E-state index contributed by atoms with van der Waals surface area (Å²) >= 11 is 0. The monoisotopic (exact) mass is 690 g/mol. The van der Waals surface area contributed by atoms with E-state index in [1.807, 2.05) is 0 Å². The van der Waals surface area contributed by atoms with Crippen molar-refractivity contribution in [2.45, 2.75) is 71.3 Å². The largest absolute Gasteiger partial charge is 0.461 e. The van der Waals surface area contributed by atoms with Gasteiger partial charge in [-0.15, -0.1) is 0 Å². The molecule has 2 fully saturated rings. The first-order chi connectivity index (χ1) is 22.3. The lowest BCUT2D eigenvalue weighted by molar-refractivity contribution is -0.276. The standard InChI is InChI=1S/C31H39F5N4O8/c1-16(2)23(37-26(43)19-6-8-20(9-7-19)29(46)39-10-12-47-13-11-39)28(45)38-27(44)22-14-21(42)15-40(22)24(17(3)4)25(48-18(5)41)30(32,33)31(34,35)36/h6-9,16-17,21-23,42H,10-15H2,1-5H3,(H,37,43)(H,38,44,45)/b25-24+/t21-,22+,23+/m1/s1. The van der Waals surface area contributed by atoms with Crippen molar-refractivity contribution in [2.75, 3.05) is 32.8 Å². The number of alkyl halides is 5. The number of aliphatic hydroxyl groups excluding tert-OH is 1. The van der Waals surface area contributed by atoms with Gasteiger partial charge in [-0.2, -0.15) is 22.0 Å². The lowest BCUT2D eigenvalue weighted by atomic mass is 10.0. The molecule has 0 aliphatic carbocycles. The van der Waals surface area contributed by atoms with Crippen LogP contribution in [0.15, 0.2) is 35.7 Å². The highest BCUT2D eigenvalue weighted by Gasteiger charge is 2.64. The van der Waals surface area contributed by atoms with Crippen LogP contribution in [0.1, 0.15) is 61.8 Å². The highest BCUT2D eigenvalue weighted by Crippen LogP contribution is 2.45. The van der Waals surface area contributed by atoms with Gasteiger partial charge in [-0.25, -0.2) is 0 Å². The van der Waals surface area contributed by atoms with E-state index in [4.69, 9.17) is 4.74 Å². The number of morpholine rings is 1. The molecule has 0 radical (unpaired) electrons. The van der Waals surface area contributed by atoms with Crippen LogP contribution >= 0.6 is 0 Å². The smallest absolute Gasteiger partial charge is 0.422 e. The summed E-state index contributed by atoms with van der Waals surface area (Å²) in [6.45, 7) is 7.28. The third-order valence-electron chi connectivity index (χ3n) is 7.73. The fourth-order valence-electron chi connectivity index (χ4n) is 5.36. The Morgan fingerprint density at radius 1 is 0.958 bits per heavy atom. The Bertz CT molecular complexity index is 1410. The summed E-state index contributed by atoms with van der Waals surface area (Å²) in [6.07, 6.45) is -8.03. The number of hydrogen-bond acceptors (Lipinski definition) is 9. The molecule has 266 valence electrons. The maximum absolute atomic E-state index is 14.7. The number of esters is 1. The molecule has 2 saturated heterocycles. The molecular formula is C31H39F5N4O8. The average molecular weight is 691 g/mol. The lowest BCUT2D eigenvalue weighted by Gasteiger charge is -2.34. The first-order valence-corrected chi connectivity index (χ1v) is 15.2. The number of aliphatic hydroxyl groups is 1. The van der Waals surface area contributed by atoms with E-state index in [1.165, 1.54) is 38.1 Å². The average Bonchev–Trinajstić information content (AvgIpc) is 3.39. The van der Waals surface area contributed by atoms with E-state index >= 15 is 0 Å². The maximum Gasteiger partial charge on any atom is 0.461 e. The molecule has 0 spiro atoms. The Balaban J connectivity index is 1.82. The zero-order chi connectivity index (χ0) is 36.1. The molecule has 0 aromatic heterocycles. The van der Waals surface area contributed by atoms with Crippen LogP contribution < -0.4 is 10.6 Å². The number of carbonyl (C=O) groups excluding carboxylic acids is 5. The van der Waals surface area contributed by atoms with Crippen LogP contribution in [0.5, 0.6) is 0 Å². The van der Waals surface area contributed by atoms with Crippen molar-refractivity contribution in [1.29, 1.82) is 0 Å². The van der Waals surface area contributed by atoms with Gasteiger partial charge in [0.2, 0.25) is 17.6 Å². The van der Waals surface area contributed by atoms with E-state index in [1.54, 1.807) is 18.7 Å². The predicted molar refractivity (Wildman–Crippen MR) is 158 cm³/mol. The molecule has 3 rings (SSSR count). The Kier molecular flexibility index (Phi) is 12.3. The van der Waals surface area contributed by atoms with Crippen molar-refractivity contribution in [3.8, 4) is 0 Å². The van der Waals surface area contributed by atoms with Gasteiger partial charge >= 0.3 is 18.1 Å². The highest BCUT2D eigenvalue weighted by molar-refractivity contribution is 6.04. The summed E-state index contributed by atoms with van der Waals surface area (Å²) in [4.78, 5) is 66.4.